The molecule has 6 nitrogen and oxygen atoms in total. The normalized spacial score (nSPS) is 11.1. The standard InChI is InChI=1S/C14H14N4O2/c1-9-16-13-11(14(19)20)4-3-5-12(13)18(9)8-10-6-15-17(2)7-10/h3-7H,8H2,1-2H3,(H,19,20). The lowest BCUT2D eigenvalue weighted by Gasteiger charge is -2.05. The fourth-order valence-electron chi connectivity index (χ4n) is 2.37. The number of carbonyl (C=O) groups is 1. The summed E-state index contributed by atoms with van der Waals surface area (Å²) in [7, 11) is 1.87. The second kappa shape index (κ2) is 4.48. The zero-order valence-corrected chi connectivity index (χ0v) is 11.2. The lowest BCUT2D eigenvalue weighted by Crippen LogP contribution is -2.01. The molecule has 0 bridgehead atoms. The van der Waals surface area contributed by atoms with E-state index < -0.39 is 5.97 Å². The van der Waals surface area contributed by atoms with Gasteiger partial charge in [0.2, 0.25) is 0 Å². The Morgan fingerprint density at radius 2 is 2.20 bits per heavy atom. The average molecular weight is 270 g/mol. The van der Waals surface area contributed by atoms with Crippen LogP contribution in [0.3, 0.4) is 0 Å². The lowest BCUT2D eigenvalue weighted by molar-refractivity contribution is 0.0699. The van der Waals surface area contributed by atoms with Crippen molar-refractivity contribution in [2.75, 3.05) is 0 Å². The Morgan fingerprint density at radius 3 is 2.85 bits per heavy atom. The fourth-order valence-corrected chi connectivity index (χ4v) is 2.37. The molecule has 1 N–H and O–H groups in total. The van der Waals surface area contributed by atoms with E-state index in [-0.39, 0.29) is 5.56 Å². The number of aryl methyl sites for hydroxylation is 2. The van der Waals surface area contributed by atoms with Gasteiger partial charge in [0.25, 0.3) is 0 Å². The van der Waals surface area contributed by atoms with E-state index >= 15 is 0 Å². The molecule has 0 atom stereocenters. The van der Waals surface area contributed by atoms with Crippen molar-refractivity contribution in [1.29, 1.82) is 0 Å². The van der Waals surface area contributed by atoms with E-state index in [0.29, 0.717) is 12.1 Å². The maximum atomic E-state index is 11.2. The largest absolute Gasteiger partial charge is 0.478 e. The SMILES string of the molecule is Cc1nc2c(C(=O)O)cccc2n1Cc1cnn(C)c1. The third kappa shape index (κ3) is 1.95. The Morgan fingerprint density at radius 1 is 1.40 bits per heavy atom. The zero-order valence-electron chi connectivity index (χ0n) is 11.2. The molecule has 20 heavy (non-hydrogen) atoms. The highest BCUT2D eigenvalue weighted by atomic mass is 16.4. The highest BCUT2D eigenvalue weighted by molar-refractivity contribution is 6.01. The minimum atomic E-state index is -0.957. The monoisotopic (exact) mass is 270 g/mol. The first-order chi connectivity index (χ1) is 9.56. The summed E-state index contributed by atoms with van der Waals surface area (Å²) in [6, 6.07) is 5.20. The van der Waals surface area contributed by atoms with E-state index in [2.05, 4.69) is 10.1 Å². The van der Waals surface area contributed by atoms with Crippen LogP contribution < -0.4 is 0 Å². The highest BCUT2D eigenvalue weighted by Crippen LogP contribution is 2.21. The molecule has 1 aromatic carbocycles. The molecule has 0 amide bonds. The van der Waals surface area contributed by atoms with Gasteiger partial charge in [0.1, 0.15) is 11.3 Å². The van der Waals surface area contributed by atoms with Gasteiger partial charge in [-0.05, 0) is 19.1 Å². The number of nitrogens with zero attached hydrogens (tertiary/aromatic N) is 4. The summed E-state index contributed by atoms with van der Waals surface area (Å²) in [6.45, 7) is 2.50. The summed E-state index contributed by atoms with van der Waals surface area (Å²) in [4.78, 5) is 15.6. The maximum Gasteiger partial charge on any atom is 0.337 e. The van der Waals surface area contributed by atoms with Gasteiger partial charge in [-0.25, -0.2) is 9.78 Å². The number of imidazole rings is 1. The van der Waals surface area contributed by atoms with Crippen molar-refractivity contribution in [2.24, 2.45) is 7.05 Å². The van der Waals surface area contributed by atoms with Crippen molar-refractivity contribution >= 4 is 17.0 Å². The number of aromatic carboxylic acids is 1. The number of benzene rings is 1. The van der Waals surface area contributed by atoms with E-state index in [1.165, 1.54) is 0 Å². The molecule has 0 unspecified atom stereocenters. The predicted octanol–water partition coefficient (Wildman–Crippen LogP) is 1.82. The number of para-hydroxylation sites is 1. The molecule has 2 aromatic heterocycles. The molecule has 0 aliphatic heterocycles. The zero-order chi connectivity index (χ0) is 14.3. The molecule has 102 valence electrons. The van der Waals surface area contributed by atoms with E-state index in [1.54, 1.807) is 23.0 Å². The first-order valence-electron chi connectivity index (χ1n) is 6.23. The van der Waals surface area contributed by atoms with E-state index in [0.717, 1.165) is 16.9 Å². The Bertz CT molecular complexity index is 801. The van der Waals surface area contributed by atoms with Crippen molar-refractivity contribution in [3.8, 4) is 0 Å². The quantitative estimate of drug-likeness (QED) is 0.788. The van der Waals surface area contributed by atoms with Crippen molar-refractivity contribution in [2.45, 2.75) is 13.5 Å². The minimum absolute atomic E-state index is 0.232. The second-order valence-electron chi connectivity index (χ2n) is 4.75. The van der Waals surface area contributed by atoms with Crippen LogP contribution in [0.5, 0.6) is 0 Å². The topological polar surface area (TPSA) is 72.9 Å². The maximum absolute atomic E-state index is 11.2. The lowest BCUT2D eigenvalue weighted by atomic mass is 10.2. The van der Waals surface area contributed by atoms with Crippen LogP contribution in [-0.4, -0.2) is 30.4 Å². The summed E-state index contributed by atoms with van der Waals surface area (Å²) in [5.41, 5.74) is 2.64. The molecular weight excluding hydrogens is 256 g/mol. The highest BCUT2D eigenvalue weighted by Gasteiger charge is 2.15. The van der Waals surface area contributed by atoms with Crippen molar-refractivity contribution < 1.29 is 9.90 Å². The first kappa shape index (κ1) is 12.4. The number of hydrogen-bond donors (Lipinski definition) is 1. The molecule has 3 rings (SSSR count). The second-order valence-corrected chi connectivity index (χ2v) is 4.75. The number of rotatable bonds is 3. The van der Waals surface area contributed by atoms with Gasteiger partial charge in [-0.2, -0.15) is 5.10 Å². The van der Waals surface area contributed by atoms with Gasteiger partial charge in [-0.15, -0.1) is 0 Å². The van der Waals surface area contributed by atoms with Crippen LogP contribution in [0.4, 0.5) is 0 Å². The van der Waals surface area contributed by atoms with Gasteiger partial charge < -0.3 is 9.67 Å². The molecule has 0 aliphatic carbocycles. The van der Waals surface area contributed by atoms with Crippen molar-refractivity contribution in [3.05, 3.63) is 47.5 Å². The Kier molecular flexibility index (Phi) is 2.78. The first-order valence-corrected chi connectivity index (χ1v) is 6.23. The number of carboxylic acids is 1. The van der Waals surface area contributed by atoms with E-state index in [4.69, 9.17) is 0 Å². The van der Waals surface area contributed by atoms with Crippen LogP contribution in [0.15, 0.2) is 30.6 Å². The van der Waals surface area contributed by atoms with Crippen LogP contribution in [0.25, 0.3) is 11.0 Å². The van der Waals surface area contributed by atoms with Crippen LogP contribution in [-0.2, 0) is 13.6 Å². The number of carboxylic acid groups (broad SMARTS) is 1. The van der Waals surface area contributed by atoms with Gasteiger partial charge in [-0.3, -0.25) is 4.68 Å². The van der Waals surface area contributed by atoms with Crippen LogP contribution in [0, 0.1) is 6.92 Å². The molecular formula is C14H14N4O2. The summed E-state index contributed by atoms with van der Waals surface area (Å²) in [5, 5.41) is 13.4. The molecule has 2 heterocycles. The Hall–Kier alpha value is -2.63. The van der Waals surface area contributed by atoms with Crippen molar-refractivity contribution in [3.63, 3.8) is 0 Å². The molecule has 0 aliphatic rings. The predicted molar refractivity (Wildman–Crippen MR) is 73.7 cm³/mol. The van der Waals surface area contributed by atoms with E-state index in [9.17, 15) is 9.90 Å². The van der Waals surface area contributed by atoms with Crippen molar-refractivity contribution in [1.82, 2.24) is 19.3 Å². The summed E-state index contributed by atoms with van der Waals surface area (Å²) >= 11 is 0. The van der Waals surface area contributed by atoms with Gasteiger partial charge in [-0.1, -0.05) is 6.07 Å². The molecule has 0 fully saturated rings. The molecule has 0 spiro atoms. The molecule has 0 saturated carbocycles. The minimum Gasteiger partial charge on any atom is -0.478 e. The van der Waals surface area contributed by atoms with Gasteiger partial charge in [0.05, 0.1) is 23.8 Å². The third-order valence-corrected chi connectivity index (χ3v) is 3.30. The third-order valence-electron chi connectivity index (χ3n) is 3.30. The van der Waals surface area contributed by atoms with Crippen LogP contribution in [0.1, 0.15) is 21.7 Å². The molecule has 6 heteroatoms. The summed E-state index contributed by atoms with van der Waals surface area (Å²) < 4.78 is 3.74. The number of fused-ring (bicyclic) bond motifs is 1. The van der Waals surface area contributed by atoms with Crippen LogP contribution >= 0.6 is 0 Å². The smallest absolute Gasteiger partial charge is 0.337 e. The Labute approximate surface area is 115 Å². The Balaban J connectivity index is 2.14. The number of aromatic nitrogens is 4. The summed E-state index contributed by atoms with van der Waals surface area (Å²) in [6.07, 6.45) is 3.73. The van der Waals surface area contributed by atoms with Gasteiger partial charge in [0.15, 0.2) is 0 Å². The average Bonchev–Trinajstić information content (AvgIpc) is 2.94. The summed E-state index contributed by atoms with van der Waals surface area (Å²) in [5.74, 6) is -0.167. The fraction of sp³-hybridized carbons (Fsp3) is 0.214. The molecule has 3 aromatic rings. The molecule has 0 saturated heterocycles. The molecule has 0 radical (unpaired) electrons. The van der Waals surface area contributed by atoms with Crippen LogP contribution in [0.2, 0.25) is 0 Å². The van der Waals surface area contributed by atoms with Gasteiger partial charge >= 0.3 is 5.97 Å². The number of hydrogen-bond acceptors (Lipinski definition) is 3. The van der Waals surface area contributed by atoms with E-state index in [1.807, 2.05) is 30.8 Å². The van der Waals surface area contributed by atoms with Gasteiger partial charge in [0, 0.05) is 18.8 Å².